The zero-order chi connectivity index (χ0) is 9.84. The fourth-order valence-corrected chi connectivity index (χ4v) is 1.19. The molecule has 0 unspecified atom stereocenters. The van der Waals surface area contributed by atoms with Crippen molar-refractivity contribution in [2.24, 2.45) is 10.9 Å². The van der Waals surface area contributed by atoms with Gasteiger partial charge in [-0.1, -0.05) is 5.16 Å². The second-order valence-corrected chi connectivity index (χ2v) is 3.02. The average molecular weight is 246 g/mol. The summed E-state index contributed by atoms with van der Waals surface area (Å²) in [5, 5.41) is 11.3. The highest BCUT2D eigenvalue weighted by molar-refractivity contribution is 9.10. The van der Waals surface area contributed by atoms with Crippen molar-refractivity contribution in [2.75, 3.05) is 7.11 Å². The molecule has 0 bridgehead atoms. The van der Waals surface area contributed by atoms with Crippen LogP contribution in [0.25, 0.3) is 0 Å². The first kappa shape index (κ1) is 9.79. The van der Waals surface area contributed by atoms with Crippen LogP contribution in [0.15, 0.2) is 21.8 Å². The van der Waals surface area contributed by atoms with Gasteiger partial charge in [-0.15, -0.1) is 0 Å². The first-order valence-corrected chi connectivity index (χ1v) is 4.16. The van der Waals surface area contributed by atoms with Gasteiger partial charge in [0.05, 0.1) is 7.11 Å². The number of halogens is 1. The Morgan fingerprint density at radius 1 is 1.69 bits per heavy atom. The van der Waals surface area contributed by atoms with Crippen molar-refractivity contribution in [2.45, 2.75) is 0 Å². The maximum absolute atomic E-state index is 8.44. The smallest absolute Gasteiger partial charge is 0.213 e. The highest BCUT2D eigenvalue weighted by Crippen LogP contribution is 2.17. The van der Waals surface area contributed by atoms with E-state index in [4.69, 9.17) is 15.7 Å². The van der Waals surface area contributed by atoms with E-state index in [0.717, 1.165) is 0 Å². The molecule has 0 amide bonds. The second-order valence-electron chi connectivity index (χ2n) is 2.17. The summed E-state index contributed by atoms with van der Waals surface area (Å²) < 4.78 is 5.52. The molecule has 1 aromatic heterocycles. The van der Waals surface area contributed by atoms with Crippen LogP contribution in [0.3, 0.4) is 0 Å². The topological polar surface area (TPSA) is 80.7 Å². The molecule has 1 aromatic rings. The molecule has 13 heavy (non-hydrogen) atoms. The number of aromatic nitrogens is 1. The summed E-state index contributed by atoms with van der Waals surface area (Å²) in [4.78, 5) is 3.98. The summed E-state index contributed by atoms with van der Waals surface area (Å²) in [5.74, 6) is 0.343. The Morgan fingerprint density at radius 2 is 2.38 bits per heavy atom. The van der Waals surface area contributed by atoms with Crippen molar-refractivity contribution < 1.29 is 9.94 Å². The largest absolute Gasteiger partial charge is 0.481 e. The first-order valence-electron chi connectivity index (χ1n) is 3.37. The number of hydrogen-bond acceptors (Lipinski definition) is 4. The van der Waals surface area contributed by atoms with E-state index >= 15 is 0 Å². The van der Waals surface area contributed by atoms with Gasteiger partial charge in [-0.2, -0.15) is 0 Å². The van der Waals surface area contributed by atoms with Crippen molar-refractivity contribution in [3.05, 3.63) is 22.3 Å². The summed E-state index contributed by atoms with van der Waals surface area (Å²) >= 11 is 3.21. The summed E-state index contributed by atoms with van der Waals surface area (Å²) in [6, 6.07) is 3.37. The van der Waals surface area contributed by atoms with Gasteiger partial charge in [-0.3, -0.25) is 0 Å². The molecule has 0 aliphatic carbocycles. The molecular weight excluding hydrogens is 238 g/mol. The molecule has 1 rings (SSSR count). The van der Waals surface area contributed by atoms with E-state index in [1.54, 1.807) is 12.1 Å². The Bertz CT molecular complexity index is 341. The monoisotopic (exact) mass is 245 g/mol. The molecule has 0 aliphatic rings. The van der Waals surface area contributed by atoms with Crippen LogP contribution in [0.4, 0.5) is 0 Å². The molecule has 0 aliphatic heterocycles. The number of methoxy groups -OCH3 is 1. The van der Waals surface area contributed by atoms with Crippen LogP contribution in [0.2, 0.25) is 0 Å². The minimum atomic E-state index is -0.0641. The van der Waals surface area contributed by atoms with E-state index in [9.17, 15) is 0 Å². The SMILES string of the molecule is COc1ccc(Br)c(C(N)=NO)n1. The zero-order valence-corrected chi connectivity index (χ0v) is 8.45. The highest BCUT2D eigenvalue weighted by atomic mass is 79.9. The molecule has 0 spiro atoms. The van der Waals surface area contributed by atoms with Crippen molar-refractivity contribution in [1.82, 2.24) is 4.98 Å². The van der Waals surface area contributed by atoms with Crippen molar-refractivity contribution in [1.29, 1.82) is 0 Å². The Morgan fingerprint density at radius 3 is 2.92 bits per heavy atom. The van der Waals surface area contributed by atoms with Crippen LogP contribution >= 0.6 is 15.9 Å². The molecule has 0 saturated heterocycles. The van der Waals surface area contributed by atoms with Crippen LogP contribution in [0.1, 0.15) is 5.69 Å². The fraction of sp³-hybridized carbons (Fsp3) is 0.143. The molecule has 0 atom stereocenters. The van der Waals surface area contributed by atoms with Gasteiger partial charge in [0.15, 0.2) is 5.84 Å². The highest BCUT2D eigenvalue weighted by Gasteiger charge is 2.07. The van der Waals surface area contributed by atoms with Gasteiger partial charge in [0.1, 0.15) is 5.69 Å². The molecule has 6 heteroatoms. The number of nitrogens with zero attached hydrogens (tertiary/aromatic N) is 2. The van der Waals surface area contributed by atoms with Gasteiger partial charge >= 0.3 is 0 Å². The number of rotatable bonds is 2. The quantitative estimate of drug-likeness (QED) is 0.352. The van der Waals surface area contributed by atoms with Gasteiger partial charge in [0.25, 0.3) is 0 Å². The number of hydrogen-bond donors (Lipinski definition) is 2. The van der Waals surface area contributed by atoms with Crippen molar-refractivity contribution in [3.8, 4) is 5.88 Å². The average Bonchev–Trinajstić information content (AvgIpc) is 2.17. The van der Waals surface area contributed by atoms with Gasteiger partial charge in [0.2, 0.25) is 5.88 Å². The Kier molecular flexibility index (Phi) is 3.07. The van der Waals surface area contributed by atoms with E-state index in [-0.39, 0.29) is 5.84 Å². The summed E-state index contributed by atoms with van der Waals surface area (Å²) in [5.41, 5.74) is 5.72. The first-order chi connectivity index (χ1) is 6.19. The van der Waals surface area contributed by atoms with Crippen LogP contribution in [0, 0.1) is 0 Å². The maximum atomic E-state index is 8.44. The lowest BCUT2D eigenvalue weighted by atomic mass is 10.3. The van der Waals surface area contributed by atoms with E-state index in [1.165, 1.54) is 7.11 Å². The molecule has 3 N–H and O–H groups in total. The van der Waals surface area contributed by atoms with Crippen molar-refractivity contribution >= 4 is 21.8 Å². The van der Waals surface area contributed by atoms with Crippen molar-refractivity contribution in [3.63, 3.8) is 0 Å². The normalized spacial score (nSPS) is 11.4. The number of ether oxygens (including phenoxy) is 1. The maximum Gasteiger partial charge on any atom is 0.213 e. The minimum Gasteiger partial charge on any atom is -0.481 e. The van der Waals surface area contributed by atoms with E-state index in [1.807, 2.05) is 0 Å². The third-order valence-corrected chi connectivity index (χ3v) is 2.02. The Hall–Kier alpha value is -1.30. The third kappa shape index (κ3) is 2.09. The van der Waals surface area contributed by atoms with Gasteiger partial charge in [-0.05, 0) is 22.0 Å². The standard InChI is InChI=1S/C7H8BrN3O2/c1-13-5-3-2-4(8)6(10-5)7(9)11-12/h2-3,12H,1H3,(H2,9,11). The number of amidine groups is 1. The van der Waals surface area contributed by atoms with Crippen LogP contribution in [0.5, 0.6) is 5.88 Å². The molecule has 0 aromatic carbocycles. The Labute approximate surface area is 83.3 Å². The molecule has 0 radical (unpaired) electrons. The van der Waals surface area contributed by atoms with Crippen LogP contribution < -0.4 is 10.5 Å². The third-order valence-electron chi connectivity index (χ3n) is 1.38. The molecule has 0 saturated carbocycles. The van der Waals surface area contributed by atoms with Crippen LogP contribution in [-0.2, 0) is 0 Å². The zero-order valence-electron chi connectivity index (χ0n) is 6.86. The molecule has 5 nitrogen and oxygen atoms in total. The van der Waals surface area contributed by atoms with Gasteiger partial charge in [-0.25, -0.2) is 4.98 Å². The minimum absolute atomic E-state index is 0.0641. The molecule has 0 fully saturated rings. The molecule has 70 valence electrons. The lowest BCUT2D eigenvalue weighted by molar-refractivity contribution is 0.318. The van der Waals surface area contributed by atoms with Gasteiger partial charge in [0, 0.05) is 10.5 Å². The van der Waals surface area contributed by atoms with Gasteiger partial charge < -0.3 is 15.7 Å². The molecule has 1 heterocycles. The number of nitrogens with two attached hydrogens (primary N) is 1. The second kappa shape index (κ2) is 4.08. The van der Waals surface area contributed by atoms with E-state index < -0.39 is 0 Å². The fourth-order valence-electron chi connectivity index (χ4n) is 0.765. The number of oxime groups is 1. The lowest BCUT2D eigenvalue weighted by Crippen LogP contribution is -2.16. The summed E-state index contributed by atoms with van der Waals surface area (Å²) in [6.07, 6.45) is 0. The predicted molar refractivity (Wildman–Crippen MR) is 51.0 cm³/mol. The van der Waals surface area contributed by atoms with E-state index in [0.29, 0.717) is 16.0 Å². The predicted octanol–water partition coefficient (Wildman–Crippen LogP) is 0.947. The summed E-state index contributed by atoms with van der Waals surface area (Å²) in [7, 11) is 1.49. The molecular formula is C7H8BrN3O2. The lowest BCUT2D eigenvalue weighted by Gasteiger charge is -2.03. The summed E-state index contributed by atoms with van der Waals surface area (Å²) in [6.45, 7) is 0. The Balaban J connectivity index is 3.19. The van der Waals surface area contributed by atoms with Crippen LogP contribution in [-0.4, -0.2) is 23.1 Å². The number of pyridine rings is 1. The van der Waals surface area contributed by atoms with E-state index in [2.05, 4.69) is 26.1 Å².